The molecule has 1 aromatic rings. The Hall–Kier alpha value is -1.39. The summed E-state index contributed by atoms with van der Waals surface area (Å²) in [6.45, 7) is 4.59. The molecule has 2 rings (SSSR count). The first-order valence-corrected chi connectivity index (χ1v) is 8.05. The molecular weight excluding hydrogens is 383 g/mol. The first kappa shape index (κ1) is 24.6. The Kier molecular flexibility index (Phi) is 11.4. The highest BCUT2D eigenvalue weighted by Crippen LogP contribution is 2.09. The largest absolute Gasteiger partial charge is 0.375 e. The lowest BCUT2D eigenvalue weighted by molar-refractivity contribution is -0.124. The highest BCUT2D eigenvalue weighted by Gasteiger charge is 2.28. The number of anilines is 1. The van der Waals surface area contributed by atoms with E-state index in [9.17, 15) is 9.59 Å². The maximum absolute atomic E-state index is 12.2. The van der Waals surface area contributed by atoms with Gasteiger partial charge in [0, 0.05) is 25.8 Å². The summed E-state index contributed by atoms with van der Waals surface area (Å²) in [5.74, 6) is -0.286. The number of aromatic nitrogens is 2. The summed E-state index contributed by atoms with van der Waals surface area (Å²) < 4.78 is 6.96. The average Bonchev–Trinajstić information content (AvgIpc) is 2.94. The number of hydrogen-bond acceptors (Lipinski definition) is 6. The van der Waals surface area contributed by atoms with E-state index in [0.29, 0.717) is 25.4 Å². The zero-order valence-corrected chi connectivity index (χ0v) is 16.9. The van der Waals surface area contributed by atoms with Crippen molar-refractivity contribution >= 4 is 42.3 Å². The molecule has 0 unspecified atom stereocenters. The molecule has 150 valence electrons. The van der Waals surface area contributed by atoms with Crippen LogP contribution in [0.25, 0.3) is 0 Å². The zero-order valence-electron chi connectivity index (χ0n) is 15.2. The molecule has 3 N–H and O–H groups in total. The fourth-order valence-electron chi connectivity index (χ4n) is 2.38. The molecule has 0 saturated carbocycles. The normalized spacial score (nSPS) is 19.2. The van der Waals surface area contributed by atoms with Gasteiger partial charge in [0.1, 0.15) is 12.6 Å². The third kappa shape index (κ3) is 7.88. The van der Waals surface area contributed by atoms with Crippen molar-refractivity contribution < 1.29 is 14.3 Å². The number of carbonyl (C=O) groups excluding carboxylic acids is 2. The number of nitrogens with zero attached hydrogens (tertiary/aromatic N) is 3. The monoisotopic (exact) mass is 410 g/mol. The van der Waals surface area contributed by atoms with Crippen LogP contribution >= 0.6 is 24.8 Å². The molecule has 2 amide bonds. The van der Waals surface area contributed by atoms with Crippen LogP contribution in [-0.4, -0.2) is 79.0 Å². The van der Waals surface area contributed by atoms with E-state index in [4.69, 9.17) is 4.74 Å². The number of ether oxygens (including phenoxy) is 1. The van der Waals surface area contributed by atoms with E-state index in [0.717, 1.165) is 6.54 Å². The number of morpholine rings is 1. The van der Waals surface area contributed by atoms with Crippen molar-refractivity contribution in [3.05, 3.63) is 12.4 Å². The van der Waals surface area contributed by atoms with Crippen LogP contribution in [0.1, 0.15) is 6.92 Å². The molecule has 9 nitrogen and oxygen atoms in total. The van der Waals surface area contributed by atoms with Crippen molar-refractivity contribution in [3.8, 4) is 0 Å². The highest BCUT2D eigenvalue weighted by atomic mass is 35.5. The second-order valence-corrected chi connectivity index (χ2v) is 6.08. The zero-order chi connectivity index (χ0) is 17.5. The number of hydrogen-bond donors (Lipinski definition) is 3. The van der Waals surface area contributed by atoms with E-state index in [1.165, 1.54) is 10.9 Å². The molecule has 0 bridgehead atoms. The van der Waals surface area contributed by atoms with Crippen molar-refractivity contribution in [2.45, 2.75) is 25.6 Å². The fraction of sp³-hybridized carbons (Fsp3) is 0.667. The number of halogens is 2. The Morgan fingerprint density at radius 3 is 2.81 bits per heavy atom. The molecule has 1 aliphatic heterocycles. The fourth-order valence-corrected chi connectivity index (χ4v) is 2.38. The van der Waals surface area contributed by atoms with Gasteiger partial charge in [0.25, 0.3) is 0 Å². The number of carbonyl (C=O) groups is 2. The number of nitrogens with one attached hydrogen (secondary N) is 3. The van der Waals surface area contributed by atoms with E-state index in [2.05, 4.69) is 21.0 Å². The number of rotatable bonds is 7. The minimum absolute atomic E-state index is 0. The lowest BCUT2D eigenvalue weighted by Gasteiger charge is -2.29. The Bertz CT molecular complexity index is 569. The topological polar surface area (TPSA) is 101 Å². The van der Waals surface area contributed by atoms with Crippen molar-refractivity contribution in [2.24, 2.45) is 0 Å². The minimum Gasteiger partial charge on any atom is -0.375 e. The van der Waals surface area contributed by atoms with Crippen LogP contribution in [0.3, 0.4) is 0 Å². The summed E-state index contributed by atoms with van der Waals surface area (Å²) in [6.07, 6.45) is 2.98. The summed E-state index contributed by atoms with van der Waals surface area (Å²) in [5.41, 5.74) is 0.556. The third-order valence-corrected chi connectivity index (χ3v) is 3.69. The van der Waals surface area contributed by atoms with Crippen LogP contribution in [0.4, 0.5) is 5.69 Å². The van der Waals surface area contributed by atoms with Crippen molar-refractivity contribution in [1.29, 1.82) is 0 Å². The molecule has 11 heteroatoms. The Labute approximate surface area is 166 Å². The Morgan fingerprint density at radius 1 is 1.42 bits per heavy atom. The second kappa shape index (κ2) is 12.1. The van der Waals surface area contributed by atoms with Crippen molar-refractivity contribution in [2.75, 3.05) is 45.7 Å². The van der Waals surface area contributed by atoms with Crippen LogP contribution in [0, 0.1) is 0 Å². The molecule has 0 aliphatic carbocycles. The van der Waals surface area contributed by atoms with Gasteiger partial charge in [-0.2, -0.15) is 5.10 Å². The maximum atomic E-state index is 12.2. The summed E-state index contributed by atoms with van der Waals surface area (Å²) in [5, 5.41) is 12.8. The van der Waals surface area contributed by atoms with Crippen LogP contribution in [0.2, 0.25) is 0 Å². The van der Waals surface area contributed by atoms with Gasteiger partial charge in [-0.1, -0.05) is 0 Å². The predicted octanol–water partition coefficient (Wildman–Crippen LogP) is -0.280. The van der Waals surface area contributed by atoms with Gasteiger partial charge in [-0.3, -0.25) is 14.3 Å². The lowest BCUT2D eigenvalue weighted by Crippen LogP contribution is -2.53. The summed E-state index contributed by atoms with van der Waals surface area (Å²) in [6, 6.07) is -0.392. The second-order valence-electron chi connectivity index (χ2n) is 6.08. The van der Waals surface area contributed by atoms with Crippen LogP contribution in [-0.2, 0) is 20.9 Å². The number of likely N-dealkylation sites (N-methyl/N-ethyl adjacent to an activating group) is 1. The van der Waals surface area contributed by atoms with Crippen molar-refractivity contribution in [1.82, 2.24) is 25.3 Å². The quantitative estimate of drug-likeness (QED) is 0.571. The first-order chi connectivity index (χ1) is 11.5. The Morgan fingerprint density at radius 2 is 2.15 bits per heavy atom. The van der Waals surface area contributed by atoms with E-state index in [1.807, 2.05) is 25.9 Å². The predicted molar refractivity (Wildman–Crippen MR) is 104 cm³/mol. The number of amides is 2. The van der Waals surface area contributed by atoms with Crippen LogP contribution < -0.4 is 16.0 Å². The average molecular weight is 411 g/mol. The van der Waals surface area contributed by atoms with Gasteiger partial charge in [-0.15, -0.1) is 24.8 Å². The molecule has 0 spiro atoms. The molecule has 2 atom stereocenters. The van der Waals surface area contributed by atoms with Gasteiger partial charge in [0.2, 0.25) is 11.8 Å². The third-order valence-electron chi connectivity index (χ3n) is 3.69. The molecule has 1 saturated heterocycles. The molecule has 0 radical (unpaired) electrons. The maximum Gasteiger partial charge on any atom is 0.244 e. The van der Waals surface area contributed by atoms with Gasteiger partial charge in [0.05, 0.1) is 24.6 Å². The summed E-state index contributed by atoms with van der Waals surface area (Å²) in [7, 11) is 3.89. The van der Waals surface area contributed by atoms with Gasteiger partial charge < -0.3 is 25.6 Å². The van der Waals surface area contributed by atoms with Gasteiger partial charge >= 0.3 is 0 Å². The molecule has 26 heavy (non-hydrogen) atoms. The van der Waals surface area contributed by atoms with Gasteiger partial charge in [0.15, 0.2) is 0 Å². The minimum atomic E-state index is -0.392. The first-order valence-electron chi connectivity index (χ1n) is 8.05. The lowest BCUT2D eigenvalue weighted by atomic mass is 10.1. The van der Waals surface area contributed by atoms with Gasteiger partial charge in [-0.05, 0) is 21.0 Å². The van der Waals surface area contributed by atoms with E-state index in [-0.39, 0.29) is 49.3 Å². The molecule has 1 fully saturated rings. The van der Waals surface area contributed by atoms with E-state index >= 15 is 0 Å². The van der Waals surface area contributed by atoms with Gasteiger partial charge in [-0.25, -0.2) is 0 Å². The molecule has 2 heterocycles. The highest BCUT2D eigenvalue weighted by molar-refractivity contribution is 5.95. The van der Waals surface area contributed by atoms with Crippen LogP contribution in [0.5, 0.6) is 0 Å². The van der Waals surface area contributed by atoms with Crippen LogP contribution in [0.15, 0.2) is 12.4 Å². The smallest absolute Gasteiger partial charge is 0.244 e. The Balaban J connectivity index is 0.00000312. The van der Waals surface area contributed by atoms with E-state index < -0.39 is 6.04 Å². The SMILES string of the molecule is C[C@H]1OCCN[C@@H]1C(=O)Nc1cnn(CC(=O)NCCN(C)C)c1.Cl.Cl. The summed E-state index contributed by atoms with van der Waals surface area (Å²) >= 11 is 0. The molecule has 0 aromatic carbocycles. The molecule has 1 aliphatic rings. The standard InChI is InChI=1S/C15H26N6O3.2ClH/c1-11-14(17-5-7-24-11)15(23)19-12-8-18-21(9-12)10-13(22)16-4-6-20(2)3;;/h8-9,11,14,17H,4-7,10H2,1-3H3,(H,16,22)(H,19,23);2*1H/t11-,14+;;/m1../s1. The molecule has 1 aromatic heterocycles. The summed E-state index contributed by atoms with van der Waals surface area (Å²) in [4.78, 5) is 26.0. The molecular formula is C15H28Cl2N6O3. The van der Waals surface area contributed by atoms with Crippen molar-refractivity contribution in [3.63, 3.8) is 0 Å². The van der Waals surface area contributed by atoms with E-state index in [1.54, 1.807) is 6.20 Å².